The van der Waals surface area contributed by atoms with E-state index in [1.54, 1.807) is 6.20 Å². The van der Waals surface area contributed by atoms with Crippen LogP contribution in [0.3, 0.4) is 0 Å². The standard InChI is InChI=1S/C24H26N6O3/c31-24(26-11-16-4-5-22-23(9-16)33-15-32-22)19-13-29-8-6-17(19)10-18(29)12-30-14-21(27-28-30)20-3-1-2-7-25-20/h1-5,7,9,14,17-19H,6,8,10-13,15H2,(H,26,31)/t17?,18-,19+/m1/s1. The van der Waals surface area contributed by atoms with E-state index in [2.05, 4.69) is 25.5 Å². The Morgan fingerprint density at radius 2 is 2.09 bits per heavy atom. The summed E-state index contributed by atoms with van der Waals surface area (Å²) in [6.45, 7) is 3.36. The van der Waals surface area contributed by atoms with Gasteiger partial charge >= 0.3 is 0 Å². The van der Waals surface area contributed by atoms with Gasteiger partial charge in [0.15, 0.2) is 11.5 Å². The number of nitrogens with zero attached hydrogens (tertiary/aromatic N) is 5. The summed E-state index contributed by atoms with van der Waals surface area (Å²) in [6, 6.07) is 12.0. The minimum Gasteiger partial charge on any atom is -0.454 e. The minimum absolute atomic E-state index is 0.0313. The van der Waals surface area contributed by atoms with Crippen molar-refractivity contribution in [3.8, 4) is 22.9 Å². The molecule has 4 aliphatic heterocycles. The van der Waals surface area contributed by atoms with Crippen molar-refractivity contribution in [2.75, 3.05) is 19.9 Å². The molecule has 170 valence electrons. The molecule has 0 aliphatic carbocycles. The second kappa shape index (κ2) is 8.47. The van der Waals surface area contributed by atoms with Crippen molar-refractivity contribution in [1.29, 1.82) is 0 Å². The molecule has 0 saturated carbocycles. The molecule has 4 atom stereocenters. The third kappa shape index (κ3) is 4.04. The van der Waals surface area contributed by atoms with Crippen LogP contribution >= 0.6 is 0 Å². The molecule has 2 unspecified atom stereocenters. The third-order valence-corrected chi connectivity index (χ3v) is 6.98. The number of amides is 1. The molecule has 7 rings (SSSR count). The highest BCUT2D eigenvalue weighted by atomic mass is 16.7. The number of pyridine rings is 1. The topological polar surface area (TPSA) is 94.4 Å². The molecule has 2 aromatic heterocycles. The van der Waals surface area contributed by atoms with Crippen molar-refractivity contribution in [2.45, 2.75) is 32.0 Å². The van der Waals surface area contributed by atoms with Gasteiger partial charge in [0.05, 0.1) is 24.4 Å². The van der Waals surface area contributed by atoms with Gasteiger partial charge < -0.3 is 14.8 Å². The fourth-order valence-corrected chi connectivity index (χ4v) is 5.23. The van der Waals surface area contributed by atoms with Crippen molar-refractivity contribution >= 4 is 5.91 Å². The van der Waals surface area contributed by atoms with Crippen LogP contribution in [0.2, 0.25) is 0 Å². The number of piperidine rings is 3. The van der Waals surface area contributed by atoms with Crippen molar-refractivity contribution in [2.24, 2.45) is 11.8 Å². The molecule has 0 radical (unpaired) electrons. The normalized spacial score (nSPS) is 25.2. The highest BCUT2D eigenvalue weighted by Gasteiger charge is 2.43. The Kier molecular flexibility index (Phi) is 5.18. The molecule has 9 nitrogen and oxygen atoms in total. The molecular weight excluding hydrogens is 420 g/mol. The van der Waals surface area contributed by atoms with Crippen LogP contribution in [0.4, 0.5) is 0 Å². The second-order valence-electron chi connectivity index (χ2n) is 8.99. The van der Waals surface area contributed by atoms with E-state index in [4.69, 9.17) is 9.47 Å². The number of aromatic nitrogens is 4. The minimum atomic E-state index is 0.0313. The monoisotopic (exact) mass is 446 g/mol. The molecule has 4 aliphatic rings. The first-order chi connectivity index (χ1) is 16.2. The molecule has 33 heavy (non-hydrogen) atoms. The molecule has 3 aromatic rings. The van der Waals surface area contributed by atoms with Gasteiger partial charge in [-0.05, 0) is 55.1 Å². The summed E-state index contributed by atoms with van der Waals surface area (Å²) < 4.78 is 12.7. The Hall–Kier alpha value is -3.46. The van der Waals surface area contributed by atoms with Crippen molar-refractivity contribution in [3.05, 3.63) is 54.4 Å². The zero-order valence-electron chi connectivity index (χ0n) is 18.3. The van der Waals surface area contributed by atoms with Gasteiger partial charge in [-0.25, -0.2) is 0 Å². The van der Waals surface area contributed by atoms with E-state index in [9.17, 15) is 4.79 Å². The van der Waals surface area contributed by atoms with E-state index in [-0.39, 0.29) is 18.6 Å². The van der Waals surface area contributed by atoms with Crippen LogP contribution in [-0.4, -0.2) is 56.7 Å². The van der Waals surface area contributed by atoms with E-state index < -0.39 is 0 Å². The number of ether oxygens (including phenoxy) is 2. The second-order valence-corrected chi connectivity index (χ2v) is 8.99. The number of nitrogens with one attached hydrogen (secondary N) is 1. The van der Waals surface area contributed by atoms with Gasteiger partial charge in [-0.2, -0.15) is 0 Å². The van der Waals surface area contributed by atoms with E-state index >= 15 is 0 Å². The molecule has 1 amide bonds. The zero-order valence-corrected chi connectivity index (χ0v) is 18.3. The molecule has 0 spiro atoms. The zero-order chi connectivity index (χ0) is 22.2. The Morgan fingerprint density at radius 3 is 2.94 bits per heavy atom. The van der Waals surface area contributed by atoms with Gasteiger partial charge in [-0.1, -0.05) is 17.3 Å². The van der Waals surface area contributed by atoms with Crippen LogP contribution in [0.25, 0.3) is 11.4 Å². The molecule has 9 heteroatoms. The van der Waals surface area contributed by atoms with Crippen LogP contribution in [-0.2, 0) is 17.9 Å². The molecule has 6 heterocycles. The van der Waals surface area contributed by atoms with Gasteiger partial charge in [-0.3, -0.25) is 19.4 Å². The summed E-state index contributed by atoms with van der Waals surface area (Å²) in [4.78, 5) is 19.8. The lowest BCUT2D eigenvalue weighted by molar-refractivity contribution is -0.133. The van der Waals surface area contributed by atoms with Crippen LogP contribution in [0.5, 0.6) is 11.5 Å². The maximum atomic E-state index is 13.0. The summed E-state index contributed by atoms with van der Waals surface area (Å²) in [6.07, 6.45) is 5.79. The number of hydrogen-bond acceptors (Lipinski definition) is 7. The number of carbonyl (C=O) groups is 1. The van der Waals surface area contributed by atoms with Gasteiger partial charge in [-0.15, -0.1) is 5.10 Å². The Morgan fingerprint density at radius 1 is 1.15 bits per heavy atom. The fraction of sp³-hybridized carbons (Fsp3) is 0.417. The number of hydrogen-bond donors (Lipinski definition) is 1. The molecule has 3 saturated heterocycles. The van der Waals surface area contributed by atoms with Crippen LogP contribution < -0.4 is 14.8 Å². The lowest BCUT2D eigenvalue weighted by atomic mass is 9.75. The van der Waals surface area contributed by atoms with Gasteiger partial charge in [0.2, 0.25) is 12.7 Å². The lowest BCUT2D eigenvalue weighted by Gasteiger charge is -2.49. The maximum Gasteiger partial charge on any atom is 0.231 e. The number of rotatable bonds is 6. The van der Waals surface area contributed by atoms with Gasteiger partial charge in [0, 0.05) is 25.3 Å². The van der Waals surface area contributed by atoms with Crippen molar-refractivity contribution in [1.82, 2.24) is 30.2 Å². The smallest absolute Gasteiger partial charge is 0.231 e. The van der Waals surface area contributed by atoms with E-state index in [1.165, 1.54) is 0 Å². The summed E-state index contributed by atoms with van der Waals surface area (Å²) in [7, 11) is 0. The number of benzene rings is 1. The van der Waals surface area contributed by atoms with E-state index in [1.807, 2.05) is 47.3 Å². The first-order valence-corrected chi connectivity index (χ1v) is 11.4. The highest BCUT2D eigenvalue weighted by molar-refractivity contribution is 5.79. The summed E-state index contributed by atoms with van der Waals surface area (Å²) >= 11 is 0. The SMILES string of the molecule is O=C(NCc1ccc2c(c1)OCO2)[C@H]1CN2CCC1C[C@@H]2Cn1cc(-c2ccccn2)nn1. The van der Waals surface area contributed by atoms with E-state index in [0.29, 0.717) is 18.5 Å². The van der Waals surface area contributed by atoms with Crippen molar-refractivity contribution < 1.29 is 14.3 Å². The quantitative estimate of drug-likeness (QED) is 0.620. The first kappa shape index (κ1) is 20.2. The first-order valence-electron chi connectivity index (χ1n) is 11.4. The largest absolute Gasteiger partial charge is 0.454 e. The summed E-state index contributed by atoms with van der Waals surface area (Å²) in [5, 5.41) is 11.7. The molecule has 1 N–H and O–H groups in total. The average molecular weight is 447 g/mol. The summed E-state index contributed by atoms with van der Waals surface area (Å²) in [5.74, 6) is 2.07. The van der Waals surface area contributed by atoms with Crippen LogP contribution in [0, 0.1) is 11.8 Å². The van der Waals surface area contributed by atoms with Crippen molar-refractivity contribution in [3.63, 3.8) is 0 Å². The van der Waals surface area contributed by atoms with Crippen LogP contribution in [0.15, 0.2) is 48.8 Å². The predicted octanol–water partition coefficient (Wildman–Crippen LogP) is 2.10. The lowest BCUT2D eigenvalue weighted by Crippen LogP contribution is -2.57. The predicted molar refractivity (Wildman–Crippen MR) is 119 cm³/mol. The van der Waals surface area contributed by atoms with E-state index in [0.717, 1.165) is 60.9 Å². The fourth-order valence-electron chi connectivity index (χ4n) is 5.23. The highest BCUT2D eigenvalue weighted by Crippen LogP contribution is 2.37. The maximum absolute atomic E-state index is 13.0. The molecule has 2 bridgehead atoms. The Balaban J connectivity index is 1.05. The molecular formula is C24H26N6O3. The third-order valence-electron chi connectivity index (χ3n) is 6.98. The van der Waals surface area contributed by atoms with Crippen LogP contribution in [0.1, 0.15) is 18.4 Å². The van der Waals surface area contributed by atoms with Gasteiger partial charge in [0.1, 0.15) is 5.69 Å². The summed E-state index contributed by atoms with van der Waals surface area (Å²) in [5.41, 5.74) is 2.63. The number of carbonyl (C=O) groups excluding carboxylic acids is 1. The number of fused-ring (bicyclic) bond motifs is 4. The Labute approximate surface area is 191 Å². The van der Waals surface area contributed by atoms with Gasteiger partial charge in [0.25, 0.3) is 0 Å². The Bertz CT molecular complexity index is 1150. The molecule has 3 fully saturated rings. The average Bonchev–Trinajstić information content (AvgIpc) is 3.53. The molecule has 1 aromatic carbocycles.